The van der Waals surface area contributed by atoms with Gasteiger partial charge in [-0.15, -0.1) is 0 Å². The fourth-order valence-corrected chi connectivity index (χ4v) is 1.20. The Kier molecular flexibility index (Phi) is 3.87. The Bertz CT molecular complexity index is 487. The molecule has 1 aromatic rings. The van der Waals surface area contributed by atoms with Gasteiger partial charge < -0.3 is 15.5 Å². The molecule has 3 N–H and O–H groups in total. The molecule has 5 nitrogen and oxygen atoms in total. The van der Waals surface area contributed by atoms with Crippen LogP contribution in [0.5, 0.6) is 5.75 Å². The summed E-state index contributed by atoms with van der Waals surface area (Å²) in [5.41, 5.74) is 0.962. The summed E-state index contributed by atoms with van der Waals surface area (Å²) >= 11 is 0. The van der Waals surface area contributed by atoms with E-state index in [-0.39, 0.29) is 22.9 Å². The number of hydrogen-bond acceptors (Lipinski definition) is 3. The van der Waals surface area contributed by atoms with Crippen molar-refractivity contribution in [2.75, 3.05) is 5.32 Å². The highest BCUT2D eigenvalue weighted by molar-refractivity contribution is 6.01. The van der Waals surface area contributed by atoms with Crippen molar-refractivity contribution in [3.63, 3.8) is 0 Å². The Morgan fingerprint density at radius 1 is 1.29 bits per heavy atom. The van der Waals surface area contributed by atoms with Gasteiger partial charge in [0.05, 0.1) is 11.3 Å². The van der Waals surface area contributed by atoms with E-state index in [1.807, 2.05) is 0 Å². The van der Waals surface area contributed by atoms with Gasteiger partial charge in [-0.05, 0) is 32.0 Å². The van der Waals surface area contributed by atoms with Crippen molar-refractivity contribution in [2.24, 2.45) is 0 Å². The molecule has 90 valence electrons. The number of carboxylic acids is 1. The molecule has 0 unspecified atom stereocenters. The summed E-state index contributed by atoms with van der Waals surface area (Å²) in [6.07, 6.45) is 1.38. The highest BCUT2D eigenvalue weighted by Crippen LogP contribution is 2.24. The number of anilines is 1. The predicted molar refractivity (Wildman–Crippen MR) is 63.1 cm³/mol. The average molecular weight is 235 g/mol. The highest BCUT2D eigenvalue weighted by atomic mass is 16.4. The molecule has 0 fully saturated rings. The Hall–Kier alpha value is -2.30. The Morgan fingerprint density at radius 3 is 2.41 bits per heavy atom. The topological polar surface area (TPSA) is 86.6 Å². The first-order valence-electron chi connectivity index (χ1n) is 4.92. The van der Waals surface area contributed by atoms with E-state index in [1.165, 1.54) is 18.2 Å². The van der Waals surface area contributed by atoms with Gasteiger partial charge in [-0.2, -0.15) is 0 Å². The van der Waals surface area contributed by atoms with Crippen LogP contribution in [0.15, 0.2) is 29.8 Å². The second-order valence-electron chi connectivity index (χ2n) is 3.75. The molecule has 0 aliphatic carbocycles. The monoisotopic (exact) mass is 235 g/mol. The minimum Gasteiger partial charge on any atom is -0.506 e. The zero-order valence-electron chi connectivity index (χ0n) is 9.52. The maximum atomic E-state index is 11.4. The van der Waals surface area contributed by atoms with Crippen molar-refractivity contribution >= 4 is 17.6 Å². The van der Waals surface area contributed by atoms with E-state index in [9.17, 15) is 14.7 Å². The van der Waals surface area contributed by atoms with Crippen molar-refractivity contribution in [1.82, 2.24) is 0 Å². The molecule has 0 aromatic heterocycles. The van der Waals surface area contributed by atoms with E-state index in [0.29, 0.717) is 0 Å². The summed E-state index contributed by atoms with van der Waals surface area (Å²) in [4.78, 5) is 22.0. The maximum absolute atomic E-state index is 11.4. The number of benzene rings is 1. The summed E-state index contributed by atoms with van der Waals surface area (Å²) in [5.74, 6) is -1.79. The number of aromatic hydroxyl groups is 1. The number of phenols is 1. The number of nitrogens with one attached hydrogen (secondary N) is 1. The number of carbonyl (C=O) groups excluding carboxylic acids is 1. The second kappa shape index (κ2) is 5.16. The van der Waals surface area contributed by atoms with E-state index in [0.717, 1.165) is 11.6 Å². The normalized spacial score (nSPS) is 9.53. The minimum absolute atomic E-state index is 0.0392. The summed E-state index contributed by atoms with van der Waals surface area (Å²) in [6.45, 7) is 3.54. The number of carbonyl (C=O) groups is 2. The Balaban J connectivity index is 2.90. The zero-order chi connectivity index (χ0) is 13.0. The molecule has 0 aliphatic rings. The van der Waals surface area contributed by atoms with Gasteiger partial charge in [0, 0.05) is 6.08 Å². The summed E-state index contributed by atoms with van der Waals surface area (Å²) in [6, 6.07) is 3.73. The molecule has 0 aliphatic heterocycles. The number of rotatable bonds is 3. The molecule has 5 heteroatoms. The van der Waals surface area contributed by atoms with Crippen molar-refractivity contribution in [3.8, 4) is 5.75 Å². The molecule has 0 saturated heterocycles. The van der Waals surface area contributed by atoms with Crippen LogP contribution < -0.4 is 5.32 Å². The SMILES string of the molecule is CC(C)=CC(=O)Nc1ccc(C(=O)O)cc1O. The van der Waals surface area contributed by atoms with Crippen LogP contribution in [-0.4, -0.2) is 22.1 Å². The van der Waals surface area contributed by atoms with Gasteiger partial charge in [0.1, 0.15) is 5.75 Å². The van der Waals surface area contributed by atoms with Crippen LogP contribution in [0, 0.1) is 0 Å². The Morgan fingerprint density at radius 2 is 1.94 bits per heavy atom. The smallest absolute Gasteiger partial charge is 0.335 e. The van der Waals surface area contributed by atoms with E-state index in [1.54, 1.807) is 13.8 Å². The molecular formula is C12H13NO4. The van der Waals surface area contributed by atoms with Crippen molar-refractivity contribution < 1.29 is 19.8 Å². The van der Waals surface area contributed by atoms with E-state index < -0.39 is 5.97 Å². The van der Waals surface area contributed by atoms with Crippen LogP contribution in [-0.2, 0) is 4.79 Å². The second-order valence-corrected chi connectivity index (χ2v) is 3.75. The Labute approximate surface area is 98.4 Å². The van der Waals surface area contributed by atoms with Gasteiger partial charge in [-0.3, -0.25) is 4.79 Å². The van der Waals surface area contributed by atoms with Crippen LogP contribution in [0.25, 0.3) is 0 Å². The van der Waals surface area contributed by atoms with Crippen molar-refractivity contribution in [1.29, 1.82) is 0 Å². The first-order chi connectivity index (χ1) is 7.90. The van der Waals surface area contributed by atoms with Crippen molar-refractivity contribution in [3.05, 3.63) is 35.4 Å². The number of allylic oxidation sites excluding steroid dienone is 1. The van der Waals surface area contributed by atoms with Gasteiger partial charge in [0.2, 0.25) is 5.91 Å². The quantitative estimate of drug-likeness (QED) is 0.552. The van der Waals surface area contributed by atoms with Crippen LogP contribution >= 0.6 is 0 Å². The van der Waals surface area contributed by atoms with Crippen molar-refractivity contribution in [2.45, 2.75) is 13.8 Å². The number of carboxylic acid groups (broad SMARTS) is 1. The number of aromatic carboxylic acids is 1. The van der Waals surface area contributed by atoms with Crippen LogP contribution in [0.3, 0.4) is 0 Å². The molecule has 0 heterocycles. The van der Waals surface area contributed by atoms with E-state index in [4.69, 9.17) is 5.11 Å². The van der Waals surface area contributed by atoms with Crippen LogP contribution in [0.2, 0.25) is 0 Å². The summed E-state index contributed by atoms with van der Waals surface area (Å²) in [5, 5.41) is 20.7. The third kappa shape index (κ3) is 3.64. The zero-order valence-corrected chi connectivity index (χ0v) is 9.52. The predicted octanol–water partition coefficient (Wildman–Crippen LogP) is 2.00. The first kappa shape index (κ1) is 12.8. The maximum Gasteiger partial charge on any atom is 0.335 e. The minimum atomic E-state index is -1.14. The fraction of sp³-hybridized carbons (Fsp3) is 0.167. The molecule has 0 spiro atoms. The molecule has 0 radical (unpaired) electrons. The molecule has 0 saturated carbocycles. The summed E-state index contributed by atoms with van der Waals surface area (Å²) < 4.78 is 0. The first-order valence-corrected chi connectivity index (χ1v) is 4.92. The molecule has 17 heavy (non-hydrogen) atoms. The number of hydrogen-bond donors (Lipinski definition) is 3. The van der Waals surface area contributed by atoms with Gasteiger partial charge in [-0.25, -0.2) is 4.79 Å². The van der Waals surface area contributed by atoms with Gasteiger partial charge in [0.15, 0.2) is 0 Å². The van der Waals surface area contributed by atoms with Crippen LogP contribution in [0.4, 0.5) is 5.69 Å². The third-order valence-corrected chi connectivity index (χ3v) is 1.92. The lowest BCUT2D eigenvalue weighted by molar-refractivity contribution is -0.112. The molecule has 0 atom stereocenters. The standard InChI is InChI=1S/C12H13NO4/c1-7(2)5-11(15)13-9-4-3-8(12(16)17)6-10(9)14/h3-6,14H,1-2H3,(H,13,15)(H,16,17). The fourth-order valence-electron chi connectivity index (χ4n) is 1.20. The summed E-state index contributed by atoms with van der Waals surface area (Å²) in [7, 11) is 0. The molecule has 1 rings (SSSR count). The van der Waals surface area contributed by atoms with Crippen LogP contribution in [0.1, 0.15) is 24.2 Å². The lowest BCUT2D eigenvalue weighted by Gasteiger charge is -2.06. The van der Waals surface area contributed by atoms with Gasteiger partial charge >= 0.3 is 5.97 Å². The third-order valence-electron chi connectivity index (χ3n) is 1.92. The molecule has 1 amide bonds. The van der Waals surface area contributed by atoms with E-state index >= 15 is 0 Å². The molecule has 0 bridgehead atoms. The lowest BCUT2D eigenvalue weighted by Crippen LogP contribution is -2.09. The number of amides is 1. The highest BCUT2D eigenvalue weighted by Gasteiger charge is 2.08. The van der Waals surface area contributed by atoms with Gasteiger partial charge in [-0.1, -0.05) is 5.57 Å². The lowest BCUT2D eigenvalue weighted by atomic mass is 10.2. The number of phenolic OH excluding ortho intramolecular Hbond substituents is 1. The largest absolute Gasteiger partial charge is 0.506 e. The molecule has 1 aromatic carbocycles. The average Bonchev–Trinajstić information content (AvgIpc) is 2.19. The molecular weight excluding hydrogens is 222 g/mol. The van der Waals surface area contributed by atoms with E-state index in [2.05, 4.69) is 5.32 Å². The van der Waals surface area contributed by atoms with Gasteiger partial charge in [0.25, 0.3) is 0 Å².